The van der Waals surface area contributed by atoms with Crippen molar-refractivity contribution in [3.05, 3.63) is 23.0 Å². The maximum Gasteiger partial charge on any atom is 0.340 e. The SMILES string of the molecule is CC(=O)OCC1=C2[C@H](O[C@@H]3O[C@H](CO)[C@@H](O)[C@H](O)[C@H]3O)OC=C(C(=O)O[C@@H]3O[C@H](CO)[C@@H](O)[C@H](O)[C@H]3O)[C@H]2CC1. The molecular weight excluding hydrogens is 544 g/mol. The summed E-state index contributed by atoms with van der Waals surface area (Å²) in [5.41, 5.74) is 0.806. The molecule has 4 aliphatic rings. The van der Waals surface area contributed by atoms with Crippen molar-refractivity contribution in [3.8, 4) is 0 Å². The molecule has 0 radical (unpaired) electrons. The molecule has 0 bridgehead atoms. The van der Waals surface area contributed by atoms with Crippen LogP contribution in [0.25, 0.3) is 0 Å². The lowest BCUT2D eigenvalue weighted by Gasteiger charge is -2.42. The molecule has 3 aliphatic heterocycles. The van der Waals surface area contributed by atoms with Crippen molar-refractivity contribution in [1.29, 1.82) is 0 Å². The average molecular weight is 579 g/mol. The van der Waals surface area contributed by atoms with E-state index in [0.29, 0.717) is 24.0 Å². The van der Waals surface area contributed by atoms with Crippen LogP contribution in [-0.4, -0.2) is 140 Å². The molecule has 2 fully saturated rings. The van der Waals surface area contributed by atoms with Crippen LogP contribution in [0.15, 0.2) is 23.0 Å². The van der Waals surface area contributed by atoms with E-state index in [2.05, 4.69) is 0 Å². The van der Waals surface area contributed by atoms with E-state index >= 15 is 0 Å². The molecule has 16 heteroatoms. The molecule has 16 nitrogen and oxygen atoms in total. The van der Waals surface area contributed by atoms with Crippen molar-refractivity contribution >= 4 is 11.9 Å². The second-order valence-corrected chi connectivity index (χ2v) is 9.91. The van der Waals surface area contributed by atoms with Crippen molar-refractivity contribution in [3.63, 3.8) is 0 Å². The molecule has 0 saturated carbocycles. The molecule has 0 aromatic heterocycles. The Morgan fingerprint density at radius 2 is 1.45 bits per heavy atom. The number of rotatable bonds is 8. The Balaban J connectivity index is 1.56. The highest BCUT2D eigenvalue weighted by molar-refractivity contribution is 5.90. The molecule has 0 aromatic carbocycles. The van der Waals surface area contributed by atoms with Crippen LogP contribution in [0, 0.1) is 5.92 Å². The highest BCUT2D eigenvalue weighted by Gasteiger charge is 2.49. The third-order valence-electron chi connectivity index (χ3n) is 7.33. The zero-order valence-corrected chi connectivity index (χ0v) is 21.4. The van der Waals surface area contributed by atoms with Crippen LogP contribution in [0.2, 0.25) is 0 Å². The van der Waals surface area contributed by atoms with Crippen molar-refractivity contribution in [2.45, 2.75) is 87.5 Å². The minimum Gasteiger partial charge on any atom is -0.468 e. The van der Waals surface area contributed by atoms with Gasteiger partial charge in [0, 0.05) is 18.4 Å². The Hall–Kier alpha value is -2.22. The Kier molecular flexibility index (Phi) is 9.79. The first-order valence-electron chi connectivity index (χ1n) is 12.7. The van der Waals surface area contributed by atoms with Gasteiger partial charge in [-0.2, -0.15) is 0 Å². The molecule has 2 saturated heterocycles. The van der Waals surface area contributed by atoms with Gasteiger partial charge in [-0.3, -0.25) is 4.79 Å². The van der Waals surface area contributed by atoms with Crippen LogP contribution in [-0.2, 0) is 38.0 Å². The Morgan fingerprint density at radius 1 is 0.875 bits per heavy atom. The summed E-state index contributed by atoms with van der Waals surface area (Å²) in [7, 11) is 0. The Bertz CT molecular complexity index is 993. The number of fused-ring (bicyclic) bond motifs is 1. The number of ether oxygens (including phenoxy) is 6. The molecular formula is C24H34O16. The van der Waals surface area contributed by atoms with Gasteiger partial charge in [0.15, 0.2) is 6.29 Å². The van der Waals surface area contributed by atoms with Crippen LogP contribution in [0.5, 0.6) is 0 Å². The third-order valence-corrected chi connectivity index (χ3v) is 7.33. The summed E-state index contributed by atoms with van der Waals surface area (Å²) in [6.45, 7) is -0.377. The summed E-state index contributed by atoms with van der Waals surface area (Å²) in [5, 5.41) is 79.6. The summed E-state index contributed by atoms with van der Waals surface area (Å²) < 4.78 is 32.4. The summed E-state index contributed by atoms with van der Waals surface area (Å²) in [6, 6.07) is 0. The first kappa shape index (κ1) is 30.7. The van der Waals surface area contributed by atoms with Crippen LogP contribution in [0.4, 0.5) is 0 Å². The van der Waals surface area contributed by atoms with Gasteiger partial charge in [0.2, 0.25) is 12.6 Å². The van der Waals surface area contributed by atoms with Gasteiger partial charge < -0.3 is 69.3 Å². The first-order chi connectivity index (χ1) is 19.0. The first-order valence-corrected chi connectivity index (χ1v) is 12.7. The lowest BCUT2D eigenvalue weighted by atomic mass is 9.90. The zero-order valence-electron chi connectivity index (χ0n) is 21.4. The number of carbonyl (C=O) groups excluding carboxylic acids is 2. The predicted molar refractivity (Wildman–Crippen MR) is 124 cm³/mol. The maximum atomic E-state index is 13.1. The van der Waals surface area contributed by atoms with Gasteiger partial charge in [-0.05, 0) is 18.4 Å². The van der Waals surface area contributed by atoms with Gasteiger partial charge in [0.25, 0.3) is 0 Å². The van der Waals surface area contributed by atoms with Crippen LogP contribution in [0.1, 0.15) is 19.8 Å². The van der Waals surface area contributed by atoms with Gasteiger partial charge >= 0.3 is 11.9 Å². The Morgan fingerprint density at radius 3 is 2.02 bits per heavy atom. The summed E-state index contributed by atoms with van der Waals surface area (Å²) in [4.78, 5) is 24.6. The fourth-order valence-corrected chi connectivity index (χ4v) is 5.09. The molecule has 4 rings (SSSR count). The topological polar surface area (TPSA) is 251 Å². The van der Waals surface area contributed by atoms with Gasteiger partial charge in [-0.25, -0.2) is 4.79 Å². The van der Waals surface area contributed by atoms with Crippen molar-refractivity contribution < 1.29 is 78.9 Å². The second-order valence-electron chi connectivity index (χ2n) is 9.91. The molecule has 40 heavy (non-hydrogen) atoms. The minimum atomic E-state index is -1.83. The standard InChI is InChI=1S/C24H34O16/c1-8(27)35-6-9-2-3-10-11(21(34)39-23-19(32)17(30)15(28)12(4-25)37-23)7-36-22(14(9)10)40-24-20(33)18(31)16(29)13(5-26)38-24/h7,10,12-13,15-20,22-26,28-33H,2-6H2,1H3/t10-,12-,13-,15-,16-,17+,18+,19-,20-,22+,23+,24+/m1/s1. The number of aliphatic hydroxyl groups excluding tert-OH is 8. The molecule has 0 aromatic rings. The quantitative estimate of drug-likeness (QED) is 0.100. The largest absolute Gasteiger partial charge is 0.468 e. The molecule has 226 valence electrons. The smallest absolute Gasteiger partial charge is 0.340 e. The number of hydrogen-bond donors (Lipinski definition) is 8. The van der Waals surface area contributed by atoms with Crippen molar-refractivity contribution in [2.24, 2.45) is 5.92 Å². The van der Waals surface area contributed by atoms with Crippen molar-refractivity contribution in [1.82, 2.24) is 0 Å². The highest BCUT2D eigenvalue weighted by Crippen LogP contribution is 2.44. The van der Waals surface area contributed by atoms with E-state index in [4.69, 9.17) is 28.4 Å². The van der Waals surface area contributed by atoms with Crippen molar-refractivity contribution in [2.75, 3.05) is 19.8 Å². The lowest BCUT2D eigenvalue weighted by Crippen LogP contribution is -2.60. The number of hydrogen-bond acceptors (Lipinski definition) is 16. The molecule has 0 spiro atoms. The summed E-state index contributed by atoms with van der Waals surface area (Å²) in [5.74, 6) is -2.32. The zero-order chi connectivity index (χ0) is 29.3. The molecule has 3 heterocycles. The van der Waals surface area contributed by atoms with E-state index in [9.17, 15) is 50.4 Å². The molecule has 12 atom stereocenters. The fraction of sp³-hybridized carbons (Fsp3) is 0.750. The average Bonchev–Trinajstić information content (AvgIpc) is 3.36. The monoisotopic (exact) mass is 578 g/mol. The van der Waals surface area contributed by atoms with E-state index < -0.39 is 98.8 Å². The highest BCUT2D eigenvalue weighted by atomic mass is 16.8. The fourth-order valence-electron chi connectivity index (χ4n) is 5.09. The predicted octanol–water partition coefficient (Wildman–Crippen LogP) is -4.34. The second kappa shape index (κ2) is 12.7. The van der Waals surface area contributed by atoms with Crippen LogP contribution >= 0.6 is 0 Å². The van der Waals surface area contributed by atoms with E-state index in [1.54, 1.807) is 0 Å². The molecule has 0 amide bonds. The van der Waals surface area contributed by atoms with Gasteiger partial charge in [-0.1, -0.05) is 0 Å². The summed E-state index contributed by atoms with van der Waals surface area (Å²) >= 11 is 0. The van der Waals surface area contributed by atoms with Crippen LogP contribution in [0.3, 0.4) is 0 Å². The summed E-state index contributed by atoms with van der Waals surface area (Å²) in [6.07, 6.45) is -15.8. The molecule has 0 unspecified atom stereocenters. The van der Waals surface area contributed by atoms with Gasteiger partial charge in [0.05, 0.1) is 25.0 Å². The Labute approximate surface area is 227 Å². The maximum absolute atomic E-state index is 13.1. The van der Waals surface area contributed by atoms with Gasteiger partial charge in [-0.15, -0.1) is 0 Å². The van der Waals surface area contributed by atoms with E-state index in [1.165, 1.54) is 6.92 Å². The third kappa shape index (κ3) is 6.02. The van der Waals surface area contributed by atoms with E-state index in [-0.39, 0.29) is 12.2 Å². The normalized spacial score (nSPS) is 41.6. The van der Waals surface area contributed by atoms with Crippen LogP contribution < -0.4 is 0 Å². The van der Waals surface area contributed by atoms with E-state index in [0.717, 1.165) is 6.26 Å². The van der Waals surface area contributed by atoms with Gasteiger partial charge in [0.1, 0.15) is 55.4 Å². The number of carbonyl (C=O) groups is 2. The molecule has 1 aliphatic carbocycles. The minimum absolute atomic E-state index is 0.0570. The molecule has 8 N–H and O–H groups in total. The lowest BCUT2D eigenvalue weighted by molar-refractivity contribution is -0.327. The van der Waals surface area contributed by atoms with E-state index in [1.807, 2.05) is 0 Å². The number of esters is 2. The number of aliphatic hydroxyl groups is 8.